The number of carbonyl (C=O) groups is 2. The maximum atomic E-state index is 12.7. The van der Waals surface area contributed by atoms with Crippen molar-refractivity contribution < 1.29 is 19.1 Å². The van der Waals surface area contributed by atoms with E-state index in [1.165, 1.54) is 13.3 Å². The minimum atomic E-state index is -0.403. The predicted octanol–water partition coefficient (Wildman–Crippen LogP) is 5.59. The number of hydrazone groups is 1. The van der Waals surface area contributed by atoms with Gasteiger partial charge in [0.1, 0.15) is 11.5 Å². The first-order valence-corrected chi connectivity index (χ1v) is 11.5. The molecule has 4 aromatic carbocycles. The zero-order valence-corrected chi connectivity index (χ0v) is 20.5. The van der Waals surface area contributed by atoms with Crippen LogP contribution in [0, 0.1) is 6.92 Å². The first-order chi connectivity index (χ1) is 17.4. The van der Waals surface area contributed by atoms with Crippen molar-refractivity contribution in [3.8, 4) is 11.5 Å². The van der Waals surface area contributed by atoms with Crippen LogP contribution in [0.3, 0.4) is 0 Å². The summed E-state index contributed by atoms with van der Waals surface area (Å²) in [6.45, 7) is 1.78. The van der Waals surface area contributed by atoms with Gasteiger partial charge < -0.3 is 14.8 Å². The lowest BCUT2D eigenvalue weighted by Gasteiger charge is -2.10. The van der Waals surface area contributed by atoms with Gasteiger partial charge in [-0.1, -0.05) is 53.6 Å². The van der Waals surface area contributed by atoms with Gasteiger partial charge in [-0.05, 0) is 65.7 Å². The zero-order valence-electron chi connectivity index (χ0n) is 19.7. The molecule has 8 heteroatoms. The van der Waals surface area contributed by atoms with E-state index >= 15 is 0 Å². The maximum absolute atomic E-state index is 12.7. The van der Waals surface area contributed by atoms with E-state index < -0.39 is 5.91 Å². The fourth-order valence-electron chi connectivity index (χ4n) is 3.48. The summed E-state index contributed by atoms with van der Waals surface area (Å²) in [6, 6.07) is 23.7. The normalized spacial score (nSPS) is 10.9. The van der Waals surface area contributed by atoms with Crippen molar-refractivity contribution in [2.75, 3.05) is 19.0 Å². The molecule has 182 valence electrons. The average Bonchev–Trinajstić information content (AvgIpc) is 2.88. The Labute approximate surface area is 213 Å². The highest BCUT2D eigenvalue weighted by atomic mass is 35.5. The summed E-state index contributed by atoms with van der Waals surface area (Å²) in [7, 11) is 1.52. The second kappa shape index (κ2) is 11.4. The number of benzene rings is 4. The van der Waals surface area contributed by atoms with Crippen molar-refractivity contribution in [1.29, 1.82) is 0 Å². The van der Waals surface area contributed by atoms with Crippen molar-refractivity contribution in [2.24, 2.45) is 5.10 Å². The first-order valence-electron chi connectivity index (χ1n) is 11.1. The highest BCUT2D eigenvalue weighted by molar-refractivity contribution is 6.32. The van der Waals surface area contributed by atoms with Crippen molar-refractivity contribution in [2.45, 2.75) is 6.92 Å². The summed E-state index contributed by atoms with van der Waals surface area (Å²) < 4.78 is 10.9. The molecule has 0 spiro atoms. The number of rotatable bonds is 8. The van der Waals surface area contributed by atoms with Crippen LogP contribution in [0.5, 0.6) is 11.5 Å². The Morgan fingerprint density at radius 1 is 0.944 bits per heavy atom. The molecular formula is C28H24ClN3O4. The van der Waals surface area contributed by atoms with Crippen LogP contribution < -0.4 is 20.2 Å². The van der Waals surface area contributed by atoms with E-state index in [-0.39, 0.29) is 12.5 Å². The molecule has 4 aromatic rings. The lowest BCUT2D eigenvalue weighted by Crippen LogP contribution is -2.20. The molecule has 0 fully saturated rings. The van der Waals surface area contributed by atoms with E-state index in [1.807, 2.05) is 61.5 Å². The fraction of sp³-hybridized carbons (Fsp3) is 0.107. The third kappa shape index (κ3) is 6.20. The maximum Gasteiger partial charge on any atom is 0.275 e. The molecule has 0 radical (unpaired) electrons. The van der Waals surface area contributed by atoms with E-state index in [4.69, 9.17) is 21.1 Å². The number of ether oxygens (including phenoxy) is 2. The number of halogens is 1. The smallest absolute Gasteiger partial charge is 0.275 e. The van der Waals surface area contributed by atoms with E-state index in [1.54, 1.807) is 24.3 Å². The Hall–Kier alpha value is -4.36. The van der Waals surface area contributed by atoms with Gasteiger partial charge in [-0.2, -0.15) is 5.10 Å². The lowest BCUT2D eigenvalue weighted by molar-refractivity contribution is -0.118. The van der Waals surface area contributed by atoms with Crippen molar-refractivity contribution in [3.05, 3.63) is 101 Å². The number of fused-ring (bicyclic) bond motifs is 1. The topological polar surface area (TPSA) is 89.0 Å². The van der Waals surface area contributed by atoms with Crippen LogP contribution in [0.25, 0.3) is 10.8 Å². The summed E-state index contributed by atoms with van der Waals surface area (Å²) in [4.78, 5) is 24.8. The van der Waals surface area contributed by atoms with Crippen molar-refractivity contribution in [1.82, 2.24) is 5.43 Å². The molecule has 0 heterocycles. The molecule has 7 nitrogen and oxygen atoms in total. The van der Waals surface area contributed by atoms with Crippen LogP contribution in [0.4, 0.5) is 5.69 Å². The van der Waals surface area contributed by atoms with Gasteiger partial charge in [0, 0.05) is 5.69 Å². The summed E-state index contributed by atoms with van der Waals surface area (Å²) in [5.74, 6) is 0.113. The molecule has 0 bridgehead atoms. The lowest BCUT2D eigenvalue weighted by atomic mass is 10.1. The molecule has 0 aliphatic carbocycles. The fourth-order valence-corrected chi connectivity index (χ4v) is 3.73. The summed E-state index contributed by atoms with van der Waals surface area (Å²) in [5, 5.41) is 8.99. The number of anilines is 1. The third-order valence-corrected chi connectivity index (χ3v) is 5.64. The monoisotopic (exact) mass is 501 g/mol. The molecule has 0 saturated carbocycles. The molecule has 0 saturated heterocycles. The van der Waals surface area contributed by atoms with Crippen LogP contribution in [0.15, 0.2) is 84.0 Å². The van der Waals surface area contributed by atoms with E-state index in [2.05, 4.69) is 15.8 Å². The second-order valence-electron chi connectivity index (χ2n) is 7.99. The molecule has 0 aromatic heterocycles. The van der Waals surface area contributed by atoms with E-state index in [0.717, 1.165) is 16.3 Å². The van der Waals surface area contributed by atoms with Crippen molar-refractivity contribution in [3.63, 3.8) is 0 Å². The molecular weight excluding hydrogens is 478 g/mol. The molecule has 0 atom stereocenters. The number of amides is 2. The Morgan fingerprint density at radius 2 is 1.67 bits per heavy atom. The molecule has 0 aliphatic heterocycles. The summed E-state index contributed by atoms with van der Waals surface area (Å²) >= 11 is 6.30. The quantitative estimate of drug-likeness (QED) is 0.243. The van der Waals surface area contributed by atoms with Gasteiger partial charge in [0.25, 0.3) is 11.8 Å². The molecule has 36 heavy (non-hydrogen) atoms. The largest absolute Gasteiger partial charge is 0.496 e. The van der Waals surface area contributed by atoms with Crippen LogP contribution in [-0.4, -0.2) is 31.7 Å². The minimum absolute atomic E-state index is 0.190. The van der Waals surface area contributed by atoms with E-state index in [0.29, 0.717) is 33.3 Å². The number of nitrogens with zero attached hydrogens (tertiary/aromatic N) is 1. The molecule has 0 aliphatic rings. The SMILES string of the molecule is COc1cc2ccccc2cc1C(=O)N/N=C\c1ccc(OCC(=O)Nc2ccc(C)cc2)c(Cl)c1. The number of hydrogen-bond donors (Lipinski definition) is 2. The second-order valence-corrected chi connectivity index (χ2v) is 8.40. The van der Waals surface area contributed by atoms with Gasteiger partial charge in [0.05, 0.1) is 23.9 Å². The number of carbonyl (C=O) groups excluding carboxylic acids is 2. The van der Waals surface area contributed by atoms with Gasteiger partial charge in [-0.3, -0.25) is 9.59 Å². The average molecular weight is 502 g/mol. The zero-order chi connectivity index (χ0) is 25.5. The van der Waals surface area contributed by atoms with Gasteiger partial charge >= 0.3 is 0 Å². The highest BCUT2D eigenvalue weighted by Gasteiger charge is 2.13. The van der Waals surface area contributed by atoms with E-state index in [9.17, 15) is 9.59 Å². The number of nitrogens with one attached hydrogen (secondary N) is 2. The third-order valence-electron chi connectivity index (χ3n) is 5.34. The van der Waals surface area contributed by atoms with Gasteiger partial charge in [0.2, 0.25) is 0 Å². The minimum Gasteiger partial charge on any atom is -0.496 e. The first kappa shape index (κ1) is 24.8. The Bertz CT molecular complexity index is 1430. The molecule has 0 unspecified atom stereocenters. The predicted molar refractivity (Wildman–Crippen MR) is 142 cm³/mol. The number of aryl methyl sites for hydroxylation is 1. The summed E-state index contributed by atoms with van der Waals surface area (Å²) in [5.41, 5.74) is 5.32. The number of hydrogen-bond acceptors (Lipinski definition) is 5. The van der Waals surface area contributed by atoms with Crippen LogP contribution in [-0.2, 0) is 4.79 Å². The summed E-state index contributed by atoms with van der Waals surface area (Å²) in [6.07, 6.45) is 1.46. The van der Waals surface area contributed by atoms with Gasteiger partial charge in [-0.15, -0.1) is 0 Å². The molecule has 4 rings (SSSR count). The van der Waals surface area contributed by atoms with Crippen LogP contribution in [0.2, 0.25) is 5.02 Å². The Balaban J connectivity index is 1.35. The highest BCUT2D eigenvalue weighted by Crippen LogP contribution is 2.26. The molecule has 2 N–H and O–H groups in total. The van der Waals surface area contributed by atoms with Crippen molar-refractivity contribution >= 4 is 46.1 Å². The Kier molecular flexibility index (Phi) is 7.82. The van der Waals surface area contributed by atoms with Crippen LogP contribution >= 0.6 is 11.6 Å². The van der Waals surface area contributed by atoms with Crippen LogP contribution in [0.1, 0.15) is 21.5 Å². The standard InChI is InChI=1S/C28H24ClN3O4/c1-18-7-10-22(11-8-18)31-27(33)17-36-25-12-9-19(13-24(25)29)16-30-32-28(34)23-14-20-5-3-4-6-21(20)15-26(23)35-2/h3-16H,17H2,1-2H3,(H,31,33)(H,32,34)/b30-16-. The Morgan fingerprint density at radius 3 is 2.36 bits per heavy atom. The molecule has 2 amide bonds. The number of methoxy groups -OCH3 is 1. The van der Waals surface area contributed by atoms with Gasteiger partial charge in [-0.25, -0.2) is 5.43 Å². The van der Waals surface area contributed by atoms with Gasteiger partial charge in [0.15, 0.2) is 6.61 Å².